The minimum Gasteiger partial charge on any atom is -0.339 e. The molecule has 4 nitrogen and oxygen atoms in total. The van der Waals surface area contributed by atoms with Crippen molar-refractivity contribution >= 4 is 28.6 Å². The summed E-state index contributed by atoms with van der Waals surface area (Å²) in [6, 6.07) is 0. The van der Waals surface area contributed by atoms with Gasteiger partial charge < -0.3 is 4.90 Å². The second kappa shape index (κ2) is 6.46. The number of thiazole rings is 2. The van der Waals surface area contributed by atoms with Crippen molar-refractivity contribution in [1.29, 1.82) is 0 Å². The van der Waals surface area contributed by atoms with Gasteiger partial charge >= 0.3 is 0 Å². The van der Waals surface area contributed by atoms with Crippen LogP contribution < -0.4 is 0 Å². The van der Waals surface area contributed by atoms with E-state index in [0.29, 0.717) is 13.0 Å². The van der Waals surface area contributed by atoms with Crippen LogP contribution in [0.15, 0.2) is 0 Å². The fourth-order valence-corrected chi connectivity index (χ4v) is 4.91. The van der Waals surface area contributed by atoms with Crippen molar-refractivity contribution in [2.24, 2.45) is 0 Å². The van der Waals surface area contributed by atoms with Crippen molar-refractivity contribution < 1.29 is 4.79 Å². The second-order valence-corrected chi connectivity index (χ2v) is 8.31. The van der Waals surface area contributed by atoms with Gasteiger partial charge in [0.1, 0.15) is 5.01 Å². The molecule has 22 heavy (non-hydrogen) atoms. The highest BCUT2D eigenvalue weighted by molar-refractivity contribution is 7.12. The highest BCUT2D eigenvalue weighted by Gasteiger charge is 2.18. The number of aryl methyl sites for hydroxylation is 4. The molecule has 0 aliphatic heterocycles. The molecule has 0 aromatic carbocycles. The van der Waals surface area contributed by atoms with E-state index >= 15 is 0 Å². The summed E-state index contributed by atoms with van der Waals surface area (Å²) < 4.78 is 0. The number of amides is 1. The summed E-state index contributed by atoms with van der Waals surface area (Å²) in [5, 5.41) is 2.09. The molecule has 0 unspecified atom stereocenters. The molecule has 2 heterocycles. The zero-order valence-corrected chi connectivity index (χ0v) is 14.9. The van der Waals surface area contributed by atoms with Crippen molar-refractivity contribution in [1.82, 2.24) is 14.9 Å². The van der Waals surface area contributed by atoms with Crippen LogP contribution in [0.25, 0.3) is 0 Å². The lowest BCUT2D eigenvalue weighted by Crippen LogP contribution is -2.27. The van der Waals surface area contributed by atoms with E-state index in [0.717, 1.165) is 33.4 Å². The fraction of sp³-hybridized carbons (Fsp3) is 0.562. The average molecular weight is 335 g/mol. The highest BCUT2D eigenvalue weighted by Crippen LogP contribution is 2.27. The maximum atomic E-state index is 12.4. The van der Waals surface area contributed by atoms with E-state index in [1.807, 2.05) is 20.9 Å². The SMILES string of the molecule is Cc1nc(C)c(CC(=O)N(C)Cc2nc3c(s2)CCCC3)s1. The lowest BCUT2D eigenvalue weighted by molar-refractivity contribution is -0.129. The van der Waals surface area contributed by atoms with Gasteiger partial charge in [-0.1, -0.05) is 0 Å². The number of carbonyl (C=O) groups is 1. The van der Waals surface area contributed by atoms with Crippen LogP contribution in [0.3, 0.4) is 0 Å². The van der Waals surface area contributed by atoms with Crippen molar-refractivity contribution in [2.45, 2.75) is 52.5 Å². The van der Waals surface area contributed by atoms with E-state index in [1.54, 1.807) is 27.6 Å². The number of hydrogen-bond acceptors (Lipinski definition) is 5. The quantitative estimate of drug-likeness (QED) is 0.861. The molecule has 118 valence electrons. The molecule has 0 radical (unpaired) electrons. The van der Waals surface area contributed by atoms with Crippen LogP contribution in [0.1, 0.15) is 44.0 Å². The van der Waals surface area contributed by atoms with E-state index in [9.17, 15) is 4.79 Å². The Kier molecular flexibility index (Phi) is 4.59. The number of likely N-dealkylation sites (N-methyl/N-ethyl adjacent to an activating group) is 1. The number of fused-ring (bicyclic) bond motifs is 1. The molecule has 6 heteroatoms. The first-order valence-corrected chi connectivity index (χ1v) is 9.30. The number of carbonyl (C=O) groups excluding carboxylic acids is 1. The van der Waals surface area contributed by atoms with E-state index in [1.165, 1.54) is 23.4 Å². The maximum absolute atomic E-state index is 12.4. The van der Waals surface area contributed by atoms with Gasteiger partial charge in [0.2, 0.25) is 5.91 Å². The summed E-state index contributed by atoms with van der Waals surface area (Å²) in [4.78, 5) is 25.8. The molecule has 2 aromatic rings. The molecule has 0 spiro atoms. The Hall–Kier alpha value is -1.27. The Morgan fingerprint density at radius 3 is 2.64 bits per heavy atom. The Labute approximate surface area is 139 Å². The van der Waals surface area contributed by atoms with Crippen LogP contribution in [0.2, 0.25) is 0 Å². The molecule has 0 atom stereocenters. The van der Waals surface area contributed by atoms with Crippen molar-refractivity contribution in [3.05, 3.63) is 31.2 Å². The van der Waals surface area contributed by atoms with E-state index in [4.69, 9.17) is 4.98 Å². The minimum atomic E-state index is 0.139. The third-order valence-corrected chi connectivity index (χ3v) is 6.21. The summed E-state index contributed by atoms with van der Waals surface area (Å²) >= 11 is 3.40. The first-order chi connectivity index (χ1) is 10.5. The molecular weight excluding hydrogens is 314 g/mol. The second-order valence-electron chi connectivity index (χ2n) is 5.85. The summed E-state index contributed by atoms with van der Waals surface area (Å²) in [6.45, 7) is 4.57. The van der Waals surface area contributed by atoms with Crippen LogP contribution in [0.5, 0.6) is 0 Å². The van der Waals surface area contributed by atoms with Gasteiger partial charge in [0.05, 0.1) is 29.4 Å². The third kappa shape index (κ3) is 3.38. The normalized spacial score (nSPS) is 14.0. The number of hydrogen-bond donors (Lipinski definition) is 0. The predicted octanol–water partition coefficient (Wildman–Crippen LogP) is 3.30. The van der Waals surface area contributed by atoms with Crippen LogP contribution in [-0.4, -0.2) is 27.8 Å². The van der Waals surface area contributed by atoms with E-state index < -0.39 is 0 Å². The van der Waals surface area contributed by atoms with Gasteiger partial charge in [0.25, 0.3) is 0 Å². The van der Waals surface area contributed by atoms with Gasteiger partial charge in [0, 0.05) is 16.8 Å². The zero-order chi connectivity index (χ0) is 15.7. The van der Waals surface area contributed by atoms with Crippen LogP contribution in [-0.2, 0) is 30.6 Å². The molecule has 3 rings (SSSR count). The van der Waals surface area contributed by atoms with Crippen molar-refractivity contribution in [2.75, 3.05) is 7.05 Å². The first-order valence-electron chi connectivity index (χ1n) is 7.67. The average Bonchev–Trinajstić information content (AvgIpc) is 3.01. The van der Waals surface area contributed by atoms with Gasteiger partial charge in [-0.25, -0.2) is 9.97 Å². The molecule has 1 aliphatic carbocycles. The topological polar surface area (TPSA) is 46.1 Å². The molecule has 1 amide bonds. The number of aromatic nitrogens is 2. The monoisotopic (exact) mass is 335 g/mol. The minimum absolute atomic E-state index is 0.139. The van der Waals surface area contributed by atoms with Crippen LogP contribution in [0.4, 0.5) is 0 Å². The fourth-order valence-electron chi connectivity index (χ4n) is 2.77. The molecule has 1 aliphatic rings. The number of rotatable bonds is 4. The third-order valence-electron chi connectivity index (χ3n) is 4.00. The predicted molar refractivity (Wildman–Crippen MR) is 90.5 cm³/mol. The Bertz CT molecular complexity index is 666. The van der Waals surface area contributed by atoms with Gasteiger partial charge in [0.15, 0.2) is 0 Å². The zero-order valence-electron chi connectivity index (χ0n) is 13.3. The van der Waals surface area contributed by atoms with Crippen LogP contribution >= 0.6 is 22.7 Å². The van der Waals surface area contributed by atoms with Gasteiger partial charge in [-0.3, -0.25) is 4.79 Å². The number of nitrogens with zero attached hydrogens (tertiary/aromatic N) is 3. The largest absolute Gasteiger partial charge is 0.339 e. The molecule has 0 bridgehead atoms. The Morgan fingerprint density at radius 2 is 1.95 bits per heavy atom. The maximum Gasteiger partial charge on any atom is 0.228 e. The van der Waals surface area contributed by atoms with Gasteiger partial charge in [-0.2, -0.15) is 0 Å². The van der Waals surface area contributed by atoms with Crippen LogP contribution in [0, 0.1) is 13.8 Å². The summed E-state index contributed by atoms with van der Waals surface area (Å²) in [5.74, 6) is 0.139. The van der Waals surface area contributed by atoms with Gasteiger partial charge in [-0.05, 0) is 39.5 Å². The van der Waals surface area contributed by atoms with E-state index in [2.05, 4.69) is 4.98 Å². The molecule has 0 saturated carbocycles. The molecule has 0 saturated heterocycles. The first kappa shape index (κ1) is 15.6. The standard InChI is InChI=1S/C16H21N3OS2/c1-10-14(21-11(2)17-10)8-16(20)19(3)9-15-18-12-6-4-5-7-13(12)22-15/h4-9H2,1-3H3. The summed E-state index contributed by atoms with van der Waals surface area (Å²) in [5.41, 5.74) is 2.25. The van der Waals surface area contributed by atoms with Crippen molar-refractivity contribution in [3.8, 4) is 0 Å². The smallest absolute Gasteiger partial charge is 0.228 e. The molecule has 0 fully saturated rings. The Morgan fingerprint density at radius 1 is 1.18 bits per heavy atom. The lowest BCUT2D eigenvalue weighted by Gasteiger charge is -2.15. The Balaban J connectivity index is 1.63. The highest BCUT2D eigenvalue weighted by atomic mass is 32.1. The van der Waals surface area contributed by atoms with Crippen molar-refractivity contribution in [3.63, 3.8) is 0 Å². The van der Waals surface area contributed by atoms with E-state index in [-0.39, 0.29) is 5.91 Å². The summed E-state index contributed by atoms with van der Waals surface area (Å²) in [6.07, 6.45) is 5.22. The summed E-state index contributed by atoms with van der Waals surface area (Å²) in [7, 11) is 1.87. The molecule has 2 aromatic heterocycles. The lowest BCUT2D eigenvalue weighted by atomic mass is 10.0. The molecule has 0 N–H and O–H groups in total. The molecular formula is C16H21N3OS2. The van der Waals surface area contributed by atoms with Gasteiger partial charge in [-0.15, -0.1) is 22.7 Å².